The normalized spacial score (nSPS) is 17.2. The average molecular weight is 729 g/mol. The van der Waals surface area contributed by atoms with Gasteiger partial charge in [0, 0.05) is 5.92 Å². The summed E-state index contributed by atoms with van der Waals surface area (Å²) in [5.41, 5.74) is 18.0. The van der Waals surface area contributed by atoms with Crippen molar-refractivity contribution in [2.75, 3.05) is 0 Å². The van der Waals surface area contributed by atoms with Crippen LogP contribution in [0.15, 0.2) is 231 Å². The Bertz CT molecular complexity index is 2700. The molecule has 0 aliphatic heterocycles. The van der Waals surface area contributed by atoms with Crippen LogP contribution in [-0.4, -0.2) is 0 Å². The number of allylic oxidation sites excluding steroid dienone is 4. The highest BCUT2D eigenvalue weighted by molar-refractivity contribution is 5.94. The molecule has 0 heteroatoms. The maximum Gasteiger partial charge on any atom is 0.0529 e. The molecule has 0 N–H and O–H groups in total. The highest BCUT2D eigenvalue weighted by atomic mass is 14.5. The van der Waals surface area contributed by atoms with Gasteiger partial charge in [-0.1, -0.05) is 231 Å². The number of benzene rings is 8. The lowest BCUT2D eigenvalue weighted by molar-refractivity contribution is 0.457. The molecule has 0 nitrogen and oxygen atoms in total. The van der Waals surface area contributed by atoms with E-state index >= 15 is 0 Å². The first-order chi connectivity index (χ1) is 28.3. The molecular formula is C57H44. The Kier molecular flexibility index (Phi) is 9.17. The molecule has 2 aliphatic rings. The Balaban J connectivity index is 1.10. The Labute approximate surface area is 337 Å². The summed E-state index contributed by atoms with van der Waals surface area (Å²) < 4.78 is 0. The highest BCUT2D eigenvalue weighted by Crippen LogP contribution is 2.59. The van der Waals surface area contributed by atoms with E-state index in [2.05, 4.69) is 231 Å². The maximum atomic E-state index is 2.47. The number of rotatable bonds is 9. The molecule has 10 rings (SSSR count). The first-order valence-electron chi connectivity index (χ1n) is 20.3. The Morgan fingerprint density at radius 1 is 0.439 bits per heavy atom. The van der Waals surface area contributed by atoms with Gasteiger partial charge < -0.3 is 0 Å². The van der Waals surface area contributed by atoms with Gasteiger partial charge in [-0.25, -0.2) is 0 Å². The topological polar surface area (TPSA) is 0 Å². The minimum absolute atomic E-state index is 0.170. The van der Waals surface area contributed by atoms with Gasteiger partial charge in [-0.2, -0.15) is 0 Å². The van der Waals surface area contributed by atoms with Crippen LogP contribution in [0.1, 0.15) is 45.7 Å². The van der Waals surface area contributed by atoms with Crippen LogP contribution in [0, 0.1) is 5.92 Å². The molecule has 57 heavy (non-hydrogen) atoms. The zero-order chi connectivity index (χ0) is 38.0. The second kappa shape index (κ2) is 15.1. The molecular weight excluding hydrogens is 685 g/mol. The minimum atomic E-state index is -0.295. The number of hydrogen-bond donors (Lipinski definition) is 0. The standard InChI is InChI=1S/C57H44/c1-5-17-42(18-6-1)44-33-31-41(32-34-44)39-53(46-37-35-45(36-38-46)43-19-7-2-8-20-43)48-22-15-21-47(40-48)51-28-16-30-55-56(51)52-27-13-14-29-54(52)57(55,49-23-9-3-10-24-49)50-25-11-4-12-26-50/h1-25,27-38,40,50,53H,26,39H2. The molecule has 0 radical (unpaired) electrons. The summed E-state index contributed by atoms with van der Waals surface area (Å²) in [6.45, 7) is 0. The summed E-state index contributed by atoms with van der Waals surface area (Å²) in [5.74, 6) is 0.467. The van der Waals surface area contributed by atoms with Crippen LogP contribution in [0.2, 0.25) is 0 Å². The summed E-state index contributed by atoms with van der Waals surface area (Å²) in [4.78, 5) is 0. The predicted molar refractivity (Wildman–Crippen MR) is 239 cm³/mol. The van der Waals surface area contributed by atoms with E-state index in [9.17, 15) is 0 Å². The maximum absolute atomic E-state index is 2.47. The van der Waals surface area contributed by atoms with Crippen molar-refractivity contribution in [3.63, 3.8) is 0 Å². The third-order valence-electron chi connectivity index (χ3n) is 12.4. The second-order valence-corrected chi connectivity index (χ2v) is 15.5. The lowest BCUT2D eigenvalue weighted by atomic mass is 9.62. The molecule has 3 atom stereocenters. The van der Waals surface area contributed by atoms with Gasteiger partial charge >= 0.3 is 0 Å². The Morgan fingerprint density at radius 3 is 1.68 bits per heavy atom. The summed E-state index contributed by atoms with van der Waals surface area (Å²) >= 11 is 0. The fourth-order valence-corrected chi connectivity index (χ4v) is 9.72. The van der Waals surface area contributed by atoms with Crippen LogP contribution in [0.4, 0.5) is 0 Å². The molecule has 0 heterocycles. The van der Waals surface area contributed by atoms with Crippen LogP contribution < -0.4 is 0 Å². The SMILES string of the molecule is C1=CCC(C2(c3ccccc3)c3ccccc3-c3c(-c4cccc(C(Cc5ccc(-c6ccccc6)cc5)c5ccc(-c6ccccc6)cc5)c4)cccc32)C=C1. The molecule has 8 aromatic carbocycles. The smallest absolute Gasteiger partial charge is 0.0529 e. The van der Waals surface area contributed by atoms with Gasteiger partial charge in [0.25, 0.3) is 0 Å². The third-order valence-corrected chi connectivity index (χ3v) is 12.4. The van der Waals surface area contributed by atoms with Gasteiger partial charge in [-0.3, -0.25) is 0 Å². The highest BCUT2D eigenvalue weighted by Gasteiger charge is 2.49. The van der Waals surface area contributed by atoms with E-state index in [1.165, 1.54) is 77.9 Å². The predicted octanol–water partition coefficient (Wildman–Crippen LogP) is 14.5. The summed E-state index contributed by atoms with van der Waals surface area (Å²) in [7, 11) is 0. The summed E-state index contributed by atoms with van der Waals surface area (Å²) in [6, 6.07) is 76.6. The first-order valence-corrected chi connectivity index (χ1v) is 20.3. The molecule has 0 spiro atoms. The van der Waals surface area contributed by atoms with Crippen LogP contribution in [0.25, 0.3) is 44.5 Å². The number of fused-ring (bicyclic) bond motifs is 3. The van der Waals surface area contributed by atoms with Crippen LogP contribution in [-0.2, 0) is 11.8 Å². The van der Waals surface area contributed by atoms with Gasteiger partial charge in [-0.05, 0) is 96.6 Å². The van der Waals surface area contributed by atoms with E-state index in [0.717, 1.165) is 12.8 Å². The van der Waals surface area contributed by atoms with E-state index in [1.54, 1.807) is 0 Å². The van der Waals surface area contributed by atoms with Crippen molar-refractivity contribution in [1.29, 1.82) is 0 Å². The fraction of sp³-hybridized carbons (Fsp3) is 0.0877. The molecule has 272 valence electrons. The van der Waals surface area contributed by atoms with E-state index < -0.39 is 0 Å². The molecule has 0 saturated heterocycles. The van der Waals surface area contributed by atoms with Gasteiger partial charge in [0.05, 0.1) is 5.41 Å². The summed E-state index contributed by atoms with van der Waals surface area (Å²) in [5, 5.41) is 0. The van der Waals surface area contributed by atoms with Gasteiger partial charge in [-0.15, -0.1) is 0 Å². The fourth-order valence-electron chi connectivity index (χ4n) is 9.72. The number of hydrogen-bond acceptors (Lipinski definition) is 0. The Morgan fingerprint density at radius 2 is 1.00 bits per heavy atom. The van der Waals surface area contributed by atoms with Gasteiger partial charge in [0.1, 0.15) is 0 Å². The third kappa shape index (κ3) is 6.28. The van der Waals surface area contributed by atoms with Crippen molar-refractivity contribution in [1.82, 2.24) is 0 Å². The quantitative estimate of drug-likeness (QED) is 0.139. The van der Waals surface area contributed by atoms with E-state index in [-0.39, 0.29) is 11.3 Å². The van der Waals surface area contributed by atoms with E-state index in [1.807, 2.05) is 0 Å². The van der Waals surface area contributed by atoms with Gasteiger partial charge in [0.2, 0.25) is 0 Å². The van der Waals surface area contributed by atoms with Crippen LogP contribution in [0.3, 0.4) is 0 Å². The van der Waals surface area contributed by atoms with E-state index in [4.69, 9.17) is 0 Å². The molecule has 0 aromatic heterocycles. The summed E-state index contributed by atoms with van der Waals surface area (Å²) in [6.07, 6.45) is 11.1. The van der Waals surface area contributed by atoms with Crippen LogP contribution in [0.5, 0.6) is 0 Å². The minimum Gasteiger partial charge on any atom is -0.0839 e. The van der Waals surface area contributed by atoms with Crippen LogP contribution >= 0.6 is 0 Å². The lowest BCUT2D eigenvalue weighted by Gasteiger charge is -2.39. The second-order valence-electron chi connectivity index (χ2n) is 15.5. The molecule has 0 bridgehead atoms. The average Bonchev–Trinajstić information content (AvgIpc) is 3.61. The molecule has 2 aliphatic carbocycles. The zero-order valence-corrected chi connectivity index (χ0v) is 32.0. The monoisotopic (exact) mass is 728 g/mol. The molecule has 0 fully saturated rings. The zero-order valence-electron chi connectivity index (χ0n) is 32.0. The largest absolute Gasteiger partial charge is 0.0839 e. The Hall–Kier alpha value is -6.76. The van der Waals surface area contributed by atoms with Crippen molar-refractivity contribution in [2.45, 2.75) is 24.2 Å². The lowest BCUT2D eigenvalue weighted by Crippen LogP contribution is -2.35. The molecule has 0 saturated carbocycles. The molecule has 0 amide bonds. The van der Waals surface area contributed by atoms with Crippen molar-refractivity contribution in [3.05, 3.63) is 264 Å². The first kappa shape index (κ1) is 34.7. The van der Waals surface area contributed by atoms with Crippen molar-refractivity contribution in [2.24, 2.45) is 5.92 Å². The van der Waals surface area contributed by atoms with Crippen molar-refractivity contribution >= 4 is 0 Å². The van der Waals surface area contributed by atoms with Crippen molar-refractivity contribution < 1.29 is 0 Å². The van der Waals surface area contributed by atoms with Crippen molar-refractivity contribution in [3.8, 4) is 44.5 Å². The van der Waals surface area contributed by atoms with E-state index in [0.29, 0.717) is 5.92 Å². The molecule has 3 unspecified atom stereocenters. The molecule has 8 aromatic rings. The van der Waals surface area contributed by atoms with Gasteiger partial charge in [0.15, 0.2) is 0 Å².